The van der Waals surface area contributed by atoms with Crippen LogP contribution in [0, 0.1) is 10.1 Å². The molecule has 1 aromatic carbocycles. The molecule has 7 heteroatoms. The highest BCUT2D eigenvalue weighted by molar-refractivity contribution is 5.75. The first-order valence-corrected chi connectivity index (χ1v) is 5.21. The highest BCUT2D eigenvalue weighted by Crippen LogP contribution is 2.19. The van der Waals surface area contributed by atoms with Crippen LogP contribution in [0.1, 0.15) is 0 Å². The number of carbonyl (C=O) groups excluding carboxylic acids is 1. The third-order valence-corrected chi connectivity index (χ3v) is 2.28. The number of rotatable bonds is 6. The second-order valence-electron chi connectivity index (χ2n) is 3.43. The molecule has 0 amide bonds. The number of hydrogen-bond donors (Lipinski definition) is 1. The van der Waals surface area contributed by atoms with Crippen LogP contribution in [0.5, 0.6) is 5.75 Å². The van der Waals surface area contributed by atoms with Gasteiger partial charge in [-0.3, -0.25) is 14.9 Å². The average molecular weight is 254 g/mol. The summed E-state index contributed by atoms with van der Waals surface area (Å²) in [5, 5.41) is 13.3. The minimum absolute atomic E-state index is 0.0321. The normalized spacial score (nSPS) is 11.7. The van der Waals surface area contributed by atoms with Crippen molar-refractivity contribution in [2.45, 2.75) is 6.04 Å². The van der Waals surface area contributed by atoms with E-state index in [1.165, 1.54) is 25.3 Å². The maximum atomic E-state index is 11.3. The number of esters is 1. The lowest BCUT2D eigenvalue weighted by Gasteiger charge is -2.14. The van der Waals surface area contributed by atoms with Gasteiger partial charge in [0.25, 0.3) is 5.69 Å². The fourth-order valence-electron chi connectivity index (χ4n) is 1.28. The van der Waals surface area contributed by atoms with Crippen molar-refractivity contribution in [2.24, 2.45) is 0 Å². The van der Waals surface area contributed by atoms with Gasteiger partial charge in [-0.05, 0) is 13.1 Å². The predicted octanol–water partition coefficient (Wildman–Crippen LogP) is 0.735. The van der Waals surface area contributed by atoms with Gasteiger partial charge in [-0.15, -0.1) is 0 Å². The number of nitro groups is 1. The predicted molar refractivity (Wildman–Crippen MR) is 63.5 cm³/mol. The second kappa shape index (κ2) is 6.55. The number of carbonyl (C=O) groups is 1. The largest absolute Gasteiger partial charge is 0.491 e. The SMILES string of the molecule is CNC(COc1cccc([N+](=O)[O-])c1)C(=O)OC. The molecule has 0 aromatic heterocycles. The Morgan fingerprint density at radius 1 is 1.56 bits per heavy atom. The standard InChI is InChI=1S/C11H14N2O5/c1-12-10(11(14)17-2)7-18-9-5-3-4-8(6-9)13(15)16/h3-6,10,12H,7H2,1-2H3. The first-order valence-electron chi connectivity index (χ1n) is 5.21. The van der Waals surface area contributed by atoms with E-state index >= 15 is 0 Å². The van der Waals surface area contributed by atoms with Crippen LogP contribution in [-0.2, 0) is 9.53 Å². The summed E-state index contributed by atoms with van der Waals surface area (Å²) in [5.74, 6) is -0.128. The minimum atomic E-state index is -0.616. The molecule has 1 rings (SSSR count). The summed E-state index contributed by atoms with van der Waals surface area (Å²) in [5.41, 5.74) is -0.0634. The maximum Gasteiger partial charge on any atom is 0.326 e. The van der Waals surface area contributed by atoms with E-state index in [1.807, 2.05) is 0 Å². The smallest absolute Gasteiger partial charge is 0.326 e. The molecule has 0 aliphatic heterocycles. The number of nitrogens with zero attached hydrogens (tertiary/aromatic N) is 1. The van der Waals surface area contributed by atoms with Crippen LogP contribution in [0.3, 0.4) is 0 Å². The summed E-state index contributed by atoms with van der Waals surface area (Å²) in [4.78, 5) is 21.3. The number of methoxy groups -OCH3 is 1. The molecule has 0 bridgehead atoms. The third-order valence-electron chi connectivity index (χ3n) is 2.28. The summed E-state index contributed by atoms with van der Waals surface area (Å²) in [6.07, 6.45) is 0. The molecule has 0 aliphatic rings. The number of benzene rings is 1. The molecule has 7 nitrogen and oxygen atoms in total. The van der Waals surface area contributed by atoms with Gasteiger partial charge in [0.15, 0.2) is 0 Å². The van der Waals surface area contributed by atoms with Gasteiger partial charge in [-0.1, -0.05) is 6.07 Å². The van der Waals surface area contributed by atoms with Crippen molar-refractivity contribution < 1.29 is 19.2 Å². The van der Waals surface area contributed by atoms with Crippen LogP contribution in [0.4, 0.5) is 5.69 Å². The number of non-ortho nitro benzene ring substituents is 1. The lowest BCUT2D eigenvalue weighted by molar-refractivity contribution is -0.384. The van der Waals surface area contributed by atoms with E-state index in [9.17, 15) is 14.9 Å². The number of hydrogen-bond acceptors (Lipinski definition) is 6. The van der Waals surface area contributed by atoms with Gasteiger partial charge >= 0.3 is 5.97 Å². The molecule has 0 heterocycles. The number of nitro benzene ring substituents is 1. The summed E-state index contributed by atoms with van der Waals surface area (Å²) in [6.45, 7) is 0.0321. The van der Waals surface area contributed by atoms with Crippen molar-refractivity contribution in [3.8, 4) is 5.75 Å². The molecule has 18 heavy (non-hydrogen) atoms. The van der Waals surface area contributed by atoms with Gasteiger partial charge in [0.05, 0.1) is 18.1 Å². The summed E-state index contributed by atoms with van der Waals surface area (Å²) < 4.78 is 9.87. The Morgan fingerprint density at radius 3 is 2.83 bits per heavy atom. The Kier molecular flexibility index (Phi) is 5.06. The topological polar surface area (TPSA) is 90.7 Å². The lowest BCUT2D eigenvalue weighted by atomic mass is 10.3. The van der Waals surface area contributed by atoms with Crippen molar-refractivity contribution >= 4 is 11.7 Å². The van der Waals surface area contributed by atoms with Crippen molar-refractivity contribution in [1.82, 2.24) is 5.32 Å². The summed E-state index contributed by atoms with van der Waals surface area (Å²) in [6, 6.07) is 5.14. The highest BCUT2D eigenvalue weighted by Gasteiger charge is 2.18. The fourth-order valence-corrected chi connectivity index (χ4v) is 1.28. The zero-order valence-electron chi connectivity index (χ0n) is 10.1. The van der Waals surface area contributed by atoms with Gasteiger partial charge in [-0.25, -0.2) is 0 Å². The zero-order chi connectivity index (χ0) is 13.5. The molecule has 1 N–H and O–H groups in total. The first-order chi connectivity index (χ1) is 8.58. The van der Waals surface area contributed by atoms with Gasteiger partial charge in [0.1, 0.15) is 18.4 Å². The van der Waals surface area contributed by atoms with Crippen molar-refractivity contribution in [3.63, 3.8) is 0 Å². The van der Waals surface area contributed by atoms with Crippen LogP contribution < -0.4 is 10.1 Å². The molecule has 0 fully saturated rings. The van der Waals surface area contributed by atoms with E-state index < -0.39 is 16.9 Å². The Balaban J connectivity index is 2.65. The second-order valence-corrected chi connectivity index (χ2v) is 3.43. The zero-order valence-corrected chi connectivity index (χ0v) is 10.1. The van der Waals surface area contributed by atoms with Gasteiger partial charge in [0.2, 0.25) is 0 Å². The molecule has 98 valence electrons. The maximum absolute atomic E-state index is 11.3. The number of ether oxygens (including phenoxy) is 2. The third kappa shape index (κ3) is 3.70. The van der Waals surface area contributed by atoms with E-state index in [2.05, 4.69) is 10.1 Å². The number of likely N-dealkylation sites (N-methyl/N-ethyl adjacent to an activating group) is 1. The molecule has 1 atom stereocenters. The van der Waals surface area contributed by atoms with E-state index in [-0.39, 0.29) is 12.3 Å². The molecular formula is C11H14N2O5. The van der Waals surface area contributed by atoms with Crippen LogP contribution in [0.25, 0.3) is 0 Å². The van der Waals surface area contributed by atoms with Crippen LogP contribution in [0.2, 0.25) is 0 Å². The first kappa shape index (κ1) is 13.9. The van der Waals surface area contributed by atoms with Gasteiger partial charge in [-0.2, -0.15) is 0 Å². The fraction of sp³-hybridized carbons (Fsp3) is 0.364. The summed E-state index contributed by atoms with van der Waals surface area (Å²) in [7, 11) is 2.87. The Hall–Kier alpha value is -2.15. The van der Waals surface area contributed by atoms with Gasteiger partial charge < -0.3 is 14.8 Å². The van der Waals surface area contributed by atoms with Crippen molar-refractivity contribution in [2.75, 3.05) is 20.8 Å². The van der Waals surface area contributed by atoms with Crippen LogP contribution >= 0.6 is 0 Å². The van der Waals surface area contributed by atoms with E-state index in [0.29, 0.717) is 5.75 Å². The van der Waals surface area contributed by atoms with E-state index in [4.69, 9.17) is 4.74 Å². The average Bonchev–Trinajstić information content (AvgIpc) is 2.39. The highest BCUT2D eigenvalue weighted by atomic mass is 16.6. The molecule has 1 aromatic rings. The molecule has 1 unspecified atom stereocenters. The summed E-state index contributed by atoms with van der Waals surface area (Å²) >= 11 is 0. The molecule has 0 aliphatic carbocycles. The molecule has 0 radical (unpaired) electrons. The quantitative estimate of drug-likeness (QED) is 0.457. The Bertz CT molecular complexity index is 435. The lowest BCUT2D eigenvalue weighted by Crippen LogP contribution is -2.40. The monoisotopic (exact) mass is 254 g/mol. The minimum Gasteiger partial charge on any atom is -0.491 e. The van der Waals surface area contributed by atoms with Crippen LogP contribution in [-0.4, -0.2) is 37.7 Å². The Labute approximate surface area is 104 Å². The van der Waals surface area contributed by atoms with Crippen molar-refractivity contribution in [1.29, 1.82) is 0 Å². The van der Waals surface area contributed by atoms with Gasteiger partial charge in [0, 0.05) is 6.07 Å². The van der Waals surface area contributed by atoms with Crippen molar-refractivity contribution in [3.05, 3.63) is 34.4 Å². The molecule has 0 saturated carbocycles. The molecule has 0 spiro atoms. The van der Waals surface area contributed by atoms with E-state index in [0.717, 1.165) is 0 Å². The van der Waals surface area contributed by atoms with Crippen LogP contribution in [0.15, 0.2) is 24.3 Å². The number of nitrogens with one attached hydrogen (secondary N) is 1. The van der Waals surface area contributed by atoms with E-state index in [1.54, 1.807) is 13.1 Å². The Morgan fingerprint density at radius 2 is 2.28 bits per heavy atom. The molecular weight excluding hydrogens is 240 g/mol. The molecule has 0 saturated heterocycles.